The maximum atomic E-state index is 6.50. The topological polar surface area (TPSA) is 79.4 Å². The average molecular weight is 501 g/mol. The predicted molar refractivity (Wildman–Crippen MR) is 142 cm³/mol. The Hall–Kier alpha value is -4.98. The van der Waals surface area contributed by atoms with Crippen LogP contribution in [0.25, 0.3) is 11.3 Å². The van der Waals surface area contributed by atoms with Gasteiger partial charge < -0.3 is 9.47 Å². The van der Waals surface area contributed by atoms with Gasteiger partial charge in [-0.05, 0) is 42.3 Å². The molecule has 0 radical (unpaired) electrons. The molecule has 3 aromatic carbocycles. The lowest BCUT2D eigenvalue weighted by Crippen LogP contribution is -2.16. The van der Waals surface area contributed by atoms with Crippen molar-refractivity contribution in [1.82, 2.24) is 29.4 Å². The highest BCUT2D eigenvalue weighted by Gasteiger charge is 2.38. The molecule has 6 aromatic rings. The molecule has 0 bridgehead atoms. The molecule has 4 heterocycles. The lowest BCUT2D eigenvalue weighted by Gasteiger charge is -2.26. The quantitative estimate of drug-likeness (QED) is 0.310. The Labute approximate surface area is 219 Å². The van der Waals surface area contributed by atoms with Crippen LogP contribution in [0.15, 0.2) is 91.3 Å². The van der Waals surface area contributed by atoms with Crippen LogP contribution in [0.1, 0.15) is 39.7 Å². The van der Waals surface area contributed by atoms with Crippen molar-refractivity contribution in [3.8, 4) is 23.2 Å². The third-order valence-corrected chi connectivity index (χ3v) is 6.92. The van der Waals surface area contributed by atoms with Crippen molar-refractivity contribution in [2.24, 2.45) is 0 Å². The molecule has 38 heavy (non-hydrogen) atoms. The number of methoxy groups -OCH3 is 1. The van der Waals surface area contributed by atoms with Gasteiger partial charge in [0, 0.05) is 6.42 Å². The number of hydrogen-bond acceptors (Lipinski definition) is 6. The summed E-state index contributed by atoms with van der Waals surface area (Å²) in [6.45, 7) is 2.02. The second-order valence-electron chi connectivity index (χ2n) is 9.28. The summed E-state index contributed by atoms with van der Waals surface area (Å²) in [5, 5.41) is 9.64. The fraction of sp³-hybridized carbons (Fsp3) is 0.133. The van der Waals surface area contributed by atoms with Gasteiger partial charge in [0.05, 0.1) is 35.5 Å². The second-order valence-corrected chi connectivity index (χ2v) is 9.28. The van der Waals surface area contributed by atoms with Gasteiger partial charge in [-0.15, -0.1) is 5.10 Å². The monoisotopic (exact) mass is 500 g/mol. The van der Waals surface area contributed by atoms with Crippen molar-refractivity contribution in [1.29, 1.82) is 0 Å². The van der Waals surface area contributed by atoms with Gasteiger partial charge >= 0.3 is 0 Å². The lowest BCUT2D eigenvalue weighted by atomic mass is 9.84. The van der Waals surface area contributed by atoms with Crippen molar-refractivity contribution >= 4 is 5.65 Å². The van der Waals surface area contributed by atoms with E-state index in [0.29, 0.717) is 18.2 Å². The predicted octanol–water partition coefficient (Wildman–Crippen LogP) is 5.50. The number of aryl methyl sites for hydroxylation is 1. The number of benzene rings is 3. The zero-order chi connectivity index (χ0) is 25.6. The van der Waals surface area contributed by atoms with E-state index >= 15 is 0 Å². The Bertz CT molecular complexity index is 1760. The van der Waals surface area contributed by atoms with Gasteiger partial charge in [0.2, 0.25) is 11.8 Å². The molecule has 0 amide bonds. The van der Waals surface area contributed by atoms with E-state index in [0.717, 1.165) is 50.9 Å². The standard InChI is InChI=1S/C30H24N6O2/c1-19-25-26(21-13-15-23(37-2)16-14-21)27-28-32-24(17-20-9-5-3-6-10-20)34-35(28)18-31-29(27)38-30(25)36(33-19)22-11-7-4-8-12-22/h3-16,18,26H,17H2,1-2H3/t26-/m0/s1. The van der Waals surface area contributed by atoms with E-state index in [1.165, 1.54) is 0 Å². The van der Waals surface area contributed by atoms with E-state index in [4.69, 9.17) is 29.6 Å². The first-order valence-electron chi connectivity index (χ1n) is 12.4. The number of aromatic nitrogens is 6. The molecule has 8 nitrogen and oxygen atoms in total. The highest BCUT2D eigenvalue weighted by Crippen LogP contribution is 2.49. The molecule has 7 rings (SSSR count). The molecular weight excluding hydrogens is 476 g/mol. The molecule has 0 N–H and O–H groups in total. The molecule has 0 fully saturated rings. The molecule has 0 aliphatic carbocycles. The lowest BCUT2D eigenvalue weighted by molar-refractivity contribution is 0.402. The molecule has 1 aliphatic rings. The number of para-hydroxylation sites is 1. The van der Waals surface area contributed by atoms with E-state index < -0.39 is 0 Å². The zero-order valence-electron chi connectivity index (χ0n) is 20.9. The molecule has 1 atom stereocenters. The van der Waals surface area contributed by atoms with Crippen molar-refractivity contribution < 1.29 is 9.47 Å². The Balaban J connectivity index is 1.43. The summed E-state index contributed by atoms with van der Waals surface area (Å²) < 4.78 is 15.5. The first-order valence-corrected chi connectivity index (χ1v) is 12.4. The second kappa shape index (κ2) is 8.85. The van der Waals surface area contributed by atoms with Crippen molar-refractivity contribution in [3.63, 3.8) is 0 Å². The molecule has 0 saturated heterocycles. The summed E-state index contributed by atoms with van der Waals surface area (Å²) in [5.74, 6) is 2.47. The van der Waals surface area contributed by atoms with Crippen LogP contribution >= 0.6 is 0 Å². The van der Waals surface area contributed by atoms with E-state index in [2.05, 4.69) is 24.3 Å². The van der Waals surface area contributed by atoms with E-state index in [9.17, 15) is 0 Å². The summed E-state index contributed by atoms with van der Waals surface area (Å²) in [7, 11) is 1.67. The van der Waals surface area contributed by atoms with Gasteiger partial charge in [-0.3, -0.25) is 0 Å². The summed E-state index contributed by atoms with van der Waals surface area (Å²) in [5.41, 5.74) is 6.58. The first-order chi connectivity index (χ1) is 18.7. The smallest absolute Gasteiger partial charge is 0.230 e. The summed E-state index contributed by atoms with van der Waals surface area (Å²) in [6.07, 6.45) is 2.30. The first kappa shape index (κ1) is 22.2. The van der Waals surface area contributed by atoms with Crippen LogP contribution in [0.2, 0.25) is 0 Å². The number of fused-ring (bicyclic) bond motifs is 4. The zero-order valence-corrected chi connectivity index (χ0v) is 20.9. The van der Waals surface area contributed by atoms with Crippen molar-refractivity contribution in [3.05, 3.63) is 125 Å². The molecule has 0 unspecified atom stereocenters. The van der Waals surface area contributed by atoms with Gasteiger partial charge in [-0.25, -0.2) is 19.2 Å². The van der Waals surface area contributed by atoms with Gasteiger partial charge in [0.1, 0.15) is 12.1 Å². The highest BCUT2D eigenvalue weighted by atomic mass is 16.5. The van der Waals surface area contributed by atoms with Gasteiger partial charge in [0.25, 0.3) is 0 Å². The average Bonchev–Trinajstić information content (AvgIpc) is 3.53. The third-order valence-electron chi connectivity index (χ3n) is 6.92. The van der Waals surface area contributed by atoms with Crippen molar-refractivity contribution in [2.75, 3.05) is 7.11 Å². The van der Waals surface area contributed by atoms with Crippen LogP contribution in [0.4, 0.5) is 0 Å². The molecule has 8 heteroatoms. The molecule has 0 saturated carbocycles. The van der Waals surface area contributed by atoms with E-state index in [1.807, 2.05) is 72.3 Å². The maximum absolute atomic E-state index is 6.50. The minimum absolute atomic E-state index is 0.206. The molecular formula is C30H24N6O2. The Morgan fingerprint density at radius 1 is 0.868 bits per heavy atom. The number of ether oxygens (including phenoxy) is 2. The minimum Gasteiger partial charge on any atom is -0.497 e. The molecule has 186 valence electrons. The van der Waals surface area contributed by atoms with Crippen LogP contribution < -0.4 is 9.47 Å². The third kappa shape index (κ3) is 3.61. The molecule has 3 aromatic heterocycles. The van der Waals surface area contributed by atoms with Crippen LogP contribution in [0, 0.1) is 6.92 Å². The fourth-order valence-corrected chi connectivity index (χ4v) is 5.15. The Morgan fingerprint density at radius 3 is 2.34 bits per heavy atom. The number of hydrogen-bond donors (Lipinski definition) is 0. The van der Waals surface area contributed by atoms with Gasteiger partial charge in [-0.1, -0.05) is 60.7 Å². The van der Waals surface area contributed by atoms with Crippen LogP contribution in [-0.4, -0.2) is 36.5 Å². The SMILES string of the molecule is COc1ccc([C@H]2c3c(C)nn(-c4ccccc4)c3Oc3ncn4nc(Cc5ccccc5)nc4c32)cc1. The Kier molecular flexibility index (Phi) is 5.18. The maximum Gasteiger partial charge on any atom is 0.230 e. The molecule has 1 aliphatic heterocycles. The van der Waals surface area contributed by atoms with Crippen LogP contribution in [-0.2, 0) is 6.42 Å². The van der Waals surface area contributed by atoms with Crippen LogP contribution in [0.5, 0.6) is 17.5 Å². The summed E-state index contributed by atoms with van der Waals surface area (Å²) in [6, 6.07) is 28.3. The van der Waals surface area contributed by atoms with Crippen molar-refractivity contribution in [2.45, 2.75) is 19.3 Å². The van der Waals surface area contributed by atoms with Gasteiger partial charge in [0.15, 0.2) is 11.5 Å². The largest absolute Gasteiger partial charge is 0.497 e. The fourth-order valence-electron chi connectivity index (χ4n) is 5.15. The number of nitrogens with zero attached hydrogens (tertiary/aromatic N) is 6. The van der Waals surface area contributed by atoms with Gasteiger partial charge in [-0.2, -0.15) is 5.10 Å². The normalized spacial score (nSPS) is 14.1. The Morgan fingerprint density at radius 2 is 1.61 bits per heavy atom. The van der Waals surface area contributed by atoms with E-state index in [1.54, 1.807) is 18.0 Å². The highest BCUT2D eigenvalue weighted by molar-refractivity contribution is 5.66. The number of rotatable bonds is 5. The minimum atomic E-state index is -0.206. The summed E-state index contributed by atoms with van der Waals surface area (Å²) in [4.78, 5) is 9.67. The molecule has 0 spiro atoms. The van der Waals surface area contributed by atoms with E-state index in [-0.39, 0.29) is 5.92 Å². The van der Waals surface area contributed by atoms with Crippen LogP contribution in [0.3, 0.4) is 0 Å². The summed E-state index contributed by atoms with van der Waals surface area (Å²) >= 11 is 0.